The lowest BCUT2D eigenvalue weighted by Crippen LogP contribution is -2.12. The molecule has 0 atom stereocenters. The molecule has 2 aromatic rings. The van der Waals surface area contributed by atoms with Crippen molar-refractivity contribution in [2.45, 2.75) is 12.8 Å². The Bertz CT molecular complexity index is 656. The maximum absolute atomic E-state index is 8.97. The summed E-state index contributed by atoms with van der Waals surface area (Å²) in [5.74, 6) is 0. The number of aromatic nitrogens is 3. The van der Waals surface area contributed by atoms with Gasteiger partial charge in [0.25, 0.3) is 0 Å². The smallest absolute Gasteiger partial charge is 0.316 e. The molecule has 0 amide bonds. The number of nitriles is 1. The fourth-order valence-corrected chi connectivity index (χ4v) is 1.81. The summed E-state index contributed by atoms with van der Waals surface area (Å²) < 4.78 is 5.46. The predicted molar refractivity (Wildman–Crippen MR) is 72.5 cm³/mol. The Balaban J connectivity index is 1.70. The Hall–Kier alpha value is -2.48. The van der Waals surface area contributed by atoms with E-state index in [1.165, 1.54) is 0 Å². The second-order valence-electron chi connectivity index (χ2n) is 4.95. The van der Waals surface area contributed by atoms with E-state index < -0.39 is 0 Å². The van der Waals surface area contributed by atoms with Crippen LogP contribution in [-0.4, -0.2) is 21.6 Å². The van der Waals surface area contributed by atoms with Crippen molar-refractivity contribution in [2.24, 2.45) is 5.41 Å². The van der Waals surface area contributed by atoms with Crippen molar-refractivity contribution in [1.82, 2.24) is 15.0 Å². The molecule has 1 saturated carbocycles. The van der Waals surface area contributed by atoms with Crippen LogP contribution in [0.4, 0.5) is 0 Å². The van der Waals surface area contributed by atoms with Crippen molar-refractivity contribution in [1.29, 1.82) is 5.26 Å². The van der Waals surface area contributed by atoms with Gasteiger partial charge < -0.3 is 4.74 Å². The van der Waals surface area contributed by atoms with Crippen molar-refractivity contribution in [2.75, 3.05) is 6.61 Å². The zero-order valence-corrected chi connectivity index (χ0v) is 10.9. The van der Waals surface area contributed by atoms with Gasteiger partial charge in [0.05, 0.1) is 17.2 Å². The molecule has 2 heterocycles. The number of hydrogen-bond acceptors (Lipinski definition) is 5. The standard InChI is InChI=1S/C15H13N4O/c1-11-3-2-4-13(19-11)12-7-17-14(18-8-12)20-10-15(9-16)5-6-15/h2-4,7-8H,1,5-6,10H2. The van der Waals surface area contributed by atoms with Crippen molar-refractivity contribution >= 4 is 0 Å². The van der Waals surface area contributed by atoms with E-state index in [1.54, 1.807) is 12.4 Å². The first-order valence-corrected chi connectivity index (χ1v) is 6.36. The van der Waals surface area contributed by atoms with Gasteiger partial charge in [0.2, 0.25) is 0 Å². The topological polar surface area (TPSA) is 71.7 Å². The normalized spacial score (nSPS) is 15.4. The van der Waals surface area contributed by atoms with Crippen LogP contribution in [0.1, 0.15) is 18.5 Å². The molecule has 20 heavy (non-hydrogen) atoms. The first-order valence-electron chi connectivity index (χ1n) is 6.36. The quantitative estimate of drug-likeness (QED) is 0.848. The van der Waals surface area contributed by atoms with Gasteiger partial charge in [-0.15, -0.1) is 0 Å². The molecule has 1 aliphatic rings. The Morgan fingerprint density at radius 2 is 2.05 bits per heavy atom. The van der Waals surface area contributed by atoms with Crippen molar-refractivity contribution in [3.8, 4) is 23.3 Å². The van der Waals surface area contributed by atoms with E-state index in [4.69, 9.17) is 10.00 Å². The van der Waals surface area contributed by atoms with Crippen molar-refractivity contribution in [3.63, 3.8) is 0 Å². The van der Waals surface area contributed by atoms with Gasteiger partial charge in [-0.2, -0.15) is 5.26 Å². The highest BCUT2D eigenvalue weighted by Gasteiger charge is 2.44. The number of hydrogen-bond donors (Lipinski definition) is 0. The van der Waals surface area contributed by atoms with Gasteiger partial charge in [-0.05, 0) is 31.9 Å². The molecule has 1 aliphatic carbocycles. The molecular formula is C15H13N4O. The minimum absolute atomic E-state index is 0.293. The third kappa shape index (κ3) is 2.59. The van der Waals surface area contributed by atoms with Crippen LogP contribution in [0.5, 0.6) is 6.01 Å². The Morgan fingerprint density at radius 1 is 1.30 bits per heavy atom. The molecule has 0 unspecified atom stereocenters. The molecule has 5 heteroatoms. The van der Waals surface area contributed by atoms with E-state index in [0.29, 0.717) is 18.3 Å². The largest absolute Gasteiger partial charge is 0.462 e. The van der Waals surface area contributed by atoms with Gasteiger partial charge in [-0.3, -0.25) is 4.98 Å². The first kappa shape index (κ1) is 12.5. The maximum atomic E-state index is 8.97. The predicted octanol–water partition coefficient (Wildman–Crippen LogP) is 2.40. The fourth-order valence-electron chi connectivity index (χ4n) is 1.81. The minimum Gasteiger partial charge on any atom is -0.462 e. The molecular weight excluding hydrogens is 252 g/mol. The Morgan fingerprint density at radius 3 is 2.65 bits per heavy atom. The number of nitrogens with zero attached hydrogens (tertiary/aromatic N) is 4. The summed E-state index contributed by atoms with van der Waals surface area (Å²) in [5, 5.41) is 8.97. The van der Waals surface area contributed by atoms with Crippen LogP contribution < -0.4 is 4.74 Å². The molecule has 1 radical (unpaired) electrons. The van der Waals surface area contributed by atoms with Crippen molar-refractivity contribution in [3.05, 3.63) is 43.2 Å². The summed E-state index contributed by atoms with van der Waals surface area (Å²) in [7, 11) is 0. The van der Waals surface area contributed by atoms with E-state index in [9.17, 15) is 0 Å². The molecule has 0 bridgehead atoms. The monoisotopic (exact) mass is 265 g/mol. The molecule has 2 aromatic heterocycles. The van der Waals surface area contributed by atoms with Gasteiger partial charge in [0.15, 0.2) is 0 Å². The Kier molecular flexibility index (Phi) is 3.07. The van der Waals surface area contributed by atoms with Crippen LogP contribution in [0.3, 0.4) is 0 Å². The average Bonchev–Trinajstić information content (AvgIpc) is 3.26. The van der Waals surface area contributed by atoms with Crippen molar-refractivity contribution < 1.29 is 4.74 Å². The minimum atomic E-state index is -0.314. The zero-order chi connectivity index (χ0) is 14.0. The van der Waals surface area contributed by atoms with Crippen LogP contribution >= 0.6 is 0 Å². The molecule has 0 spiro atoms. The molecule has 0 saturated heterocycles. The van der Waals surface area contributed by atoms with Gasteiger partial charge in [-0.25, -0.2) is 9.97 Å². The molecule has 3 rings (SSSR count). The molecule has 0 aliphatic heterocycles. The second-order valence-corrected chi connectivity index (χ2v) is 4.95. The molecule has 99 valence electrons. The lowest BCUT2D eigenvalue weighted by molar-refractivity contribution is 0.248. The van der Waals surface area contributed by atoms with E-state index >= 15 is 0 Å². The lowest BCUT2D eigenvalue weighted by atomic mass is 10.1. The first-order chi connectivity index (χ1) is 9.71. The van der Waals surface area contributed by atoms with E-state index in [2.05, 4.69) is 27.9 Å². The molecule has 5 nitrogen and oxygen atoms in total. The van der Waals surface area contributed by atoms with Crippen LogP contribution in [-0.2, 0) is 0 Å². The summed E-state index contributed by atoms with van der Waals surface area (Å²) in [5.41, 5.74) is 1.97. The number of rotatable bonds is 4. The van der Waals surface area contributed by atoms with Gasteiger partial charge in [0.1, 0.15) is 6.61 Å². The average molecular weight is 265 g/mol. The van der Waals surface area contributed by atoms with Crippen LogP contribution in [0, 0.1) is 23.7 Å². The second kappa shape index (κ2) is 4.89. The summed E-state index contributed by atoms with van der Waals surface area (Å²) in [6.45, 7) is 4.15. The van der Waals surface area contributed by atoms with E-state index in [-0.39, 0.29) is 5.41 Å². The SMILES string of the molecule is [CH2]c1cccc(-c2cnc(OCC3(C#N)CC3)nc2)n1. The summed E-state index contributed by atoms with van der Waals surface area (Å²) in [6.07, 6.45) is 5.11. The highest BCUT2D eigenvalue weighted by Crippen LogP contribution is 2.44. The highest BCUT2D eigenvalue weighted by molar-refractivity contribution is 5.56. The Labute approximate surface area is 117 Å². The third-order valence-corrected chi connectivity index (χ3v) is 3.30. The fraction of sp³-hybridized carbons (Fsp3) is 0.267. The summed E-state index contributed by atoms with van der Waals surface area (Å²) in [4.78, 5) is 12.6. The maximum Gasteiger partial charge on any atom is 0.316 e. The lowest BCUT2D eigenvalue weighted by Gasteiger charge is -2.07. The number of pyridine rings is 1. The molecule has 0 N–H and O–H groups in total. The molecule has 0 aromatic carbocycles. The van der Waals surface area contributed by atoms with Crippen LogP contribution in [0.25, 0.3) is 11.3 Å². The summed E-state index contributed by atoms with van der Waals surface area (Å²) >= 11 is 0. The van der Waals surface area contributed by atoms with E-state index in [1.807, 2.05) is 18.2 Å². The van der Waals surface area contributed by atoms with Crippen LogP contribution in [0.2, 0.25) is 0 Å². The highest BCUT2D eigenvalue weighted by atomic mass is 16.5. The number of ether oxygens (including phenoxy) is 1. The van der Waals surface area contributed by atoms with E-state index in [0.717, 1.165) is 24.1 Å². The van der Waals surface area contributed by atoms with Gasteiger partial charge in [0, 0.05) is 23.7 Å². The molecule has 1 fully saturated rings. The van der Waals surface area contributed by atoms with Crippen LogP contribution in [0.15, 0.2) is 30.6 Å². The third-order valence-electron chi connectivity index (χ3n) is 3.30. The van der Waals surface area contributed by atoms with Gasteiger partial charge in [-0.1, -0.05) is 6.07 Å². The summed E-state index contributed by atoms with van der Waals surface area (Å²) in [6, 6.07) is 8.16. The van der Waals surface area contributed by atoms with Gasteiger partial charge >= 0.3 is 6.01 Å². The zero-order valence-electron chi connectivity index (χ0n) is 10.9.